The largest absolute Gasteiger partial charge is 0.394 e. The van der Waals surface area contributed by atoms with E-state index in [0.29, 0.717) is 0 Å². The molecule has 17 nitrogen and oxygen atoms in total. The lowest BCUT2D eigenvalue weighted by Crippen LogP contribution is -2.75. The second-order valence-corrected chi connectivity index (χ2v) is 9.54. The van der Waals surface area contributed by atoms with Crippen LogP contribution in [0.2, 0.25) is 0 Å². The highest BCUT2D eigenvalue weighted by molar-refractivity contribution is 5.05. The van der Waals surface area contributed by atoms with Crippen molar-refractivity contribution < 1.29 is 69.6 Å². The highest BCUT2D eigenvalue weighted by Crippen LogP contribution is 2.37. The predicted octanol–water partition coefficient (Wildman–Crippen LogP) is -7.92. The maximum absolute atomic E-state index is 11.0. The zero-order valence-electron chi connectivity index (χ0n) is 20.1. The van der Waals surface area contributed by atoms with Crippen LogP contribution in [0.1, 0.15) is 6.92 Å². The van der Waals surface area contributed by atoms with E-state index in [2.05, 4.69) is 0 Å². The number of rotatable bonds is 8. The first kappa shape index (κ1) is 30.9. The minimum atomic E-state index is -2.29. The molecule has 3 heterocycles. The number of nitrogens with two attached hydrogens (primary N) is 3. The summed E-state index contributed by atoms with van der Waals surface area (Å²) in [6.07, 6.45) is -18.3. The molecule has 3 fully saturated rings. The Kier molecular flexibility index (Phi) is 10.2. The highest BCUT2D eigenvalue weighted by Gasteiger charge is 2.60. The molecule has 0 amide bonds. The first-order chi connectivity index (χ1) is 17.3. The first-order valence-corrected chi connectivity index (χ1v) is 11.8. The summed E-state index contributed by atoms with van der Waals surface area (Å²) in [5.74, 6) is -2.29. The van der Waals surface area contributed by atoms with Crippen LogP contribution in [0, 0.1) is 0 Å². The average molecular weight is 546 g/mol. The molecular formula is C20H39N3O14. The first-order valence-electron chi connectivity index (χ1n) is 11.8. The van der Waals surface area contributed by atoms with Crippen molar-refractivity contribution in [1.29, 1.82) is 0 Å². The van der Waals surface area contributed by atoms with E-state index in [9.17, 15) is 46.0 Å². The topological polar surface area (TPSA) is 306 Å². The molecule has 0 spiro atoms. The fraction of sp³-hybridized carbons (Fsp3) is 1.00. The van der Waals surface area contributed by atoms with Gasteiger partial charge in [-0.15, -0.1) is 0 Å². The maximum atomic E-state index is 11.0. The van der Waals surface area contributed by atoms with E-state index in [4.69, 9.17) is 40.9 Å². The molecule has 3 aliphatic rings. The normalized spacial score (nSPS) is 52.1. The van der Waals surface area contributed by atoms with Gasteiger partial charge in [0.15, 0.2) is 12.6 Å². The summed E-state index contributed by atoms with van der Waals surface area (Å²) >= 11 is 0. The zero-order valence-corrected chi connectivity index (χ0v) is 20.1. The maximum Gasteiger partial charge on any atom is 0.213 e. The molecule has 3 saturated heterocycles. The van der Waals surface area contributed by atoms with Crippen molar-refractivity contribution in [3.8, 4) is 0 Å². The molecule has 3 unspecified atom stereocenters. The predicted molar refractivity (Wildman–Crippen MR) is 118 cm³/mol. The van der Waals surface area contributed by atoms with Gasteiger partial charge in [-0.1, -0.05) is 0 Å². The summed E-state index contributed by atoms with van der Waals surface area (Å²) in [7, 11) is 0. The number of hydrogen-bond acceptors (Lipinski definition) is 17. The summed E-state index contributed by atoms with van der Waals surface area (Å²) in [6, 6.07) is -4.33. The summed E-state index contributed by atoms with van der Waals surface area (Å²) < 4.78 is 27.9. The number of hydrogen-bond donors (Lipinski definition) is 12. The molecule has 0 saturated carbocycles. The van der Waals surface area contributed by atoms with Gasteiger partial charge in [0.05, 0.1) is 37.9 Å². The summed E-state index contributed by atoms with van der Waals surface area (Å²) in [5.41, 5.74) is 17.8. The van der Waals surface area contributed by atoms with E-state index in [1.165, 1.54) is 6.92 Å². The van der Waals surface area contributed by atoms with Gasteiger partial charge in [-0.25, -0.2) is 0 Å². The van der Waals surface area contributed by atoms with Crippen molar-refractivity contribution in [2.24, 2.45) is 17.2 Å². The highest BCUT2D eigenvalue weighted by atomic mass is 16.8. The molecule has 37 heavy (non-hydrogen) atoms. The molecule has 0 aromatic rings. The standard InChI is InChI=1S/C20H39N3O14/c1-5(27)20(17(23)14(31)11(28)6(2-24)36-20)37-16-8(4-26)34-19(10(22)13(16)30)35-15-7(3-25)33-18(32)9(21)12(15)29/h5-19,24-32H,2-4,21-23H2,1H3/t5?,6-,7-,8-,9-,10-,11-,12-,13-,14+,15?,16?,17-,18-,19+,20-/m1/s1. The molecular weight excluding hydrogens is 506 g/mol. The summed E-state index contributed by atoms with van der Waals surface area (Å²) in [6.45, 7) is -1.05. The van der Waals surface area contributed by atoms with Crippen molar-refractivity contribution in [2.75, 3.05) is 19.8 Å². The summed E-state index contributed by atoms with van der Waals surface area (Å²) in [5, 5.41) is 91.4. The fourth-order valence-corrected chi connectivity index (χ4v) is 4.78. The Balaban J connectivity index is 1.83. The van der Waals surface area contributed by atoms with Gasteiger partial charge in [-0.2, -0.15) is 0 Å². The fourth-order valence-electron chi connectivity index (χ4n) is 4.78. The molecule has 0 aliphatic carbocycles. The van der Waals surface area contributed by atoms with Crippen molar-refractivity contribution in [3.05, 3.63) is 0 Å². The van der Waals surface area contributed by atoms with Crippen LogP contribution >= 0.6 is 0 Å². The van der Waals surface area contributed by atoms with E-state index < -0.39 is 117 Å². The number of ether oxygens (including phenoxy) is 5. The van der Waals surface area contributed by atoms with Crippen LogP contribution in [-0.2, 0) is 23.7 Å². The van der Waals surface area contributed by atoms with Crippen LogP contribution in [0.15, 0.2) is 0 Å². The lowest BCUT2D eigenvalue weighted by atomic mass is 9.87. The SMILES string of the molecule is CC(O)[C@]1(OC2[C@@H](CO)O[C@@H](OC3[C@@H](CO)O[C@@H](O)[C@H](N)[C@H]3O)[C@H](N)[C@H]2O)O[C@H](CO)[C@@H](O)[C@H](O)[C@H]1N. The molecule has 16 atom stereocenters. The molecule has 15 N–H and O–H groups in total. The number of aliphatic hydroxyl groups excluding tert-OH is 9. The average Bonchev–Trinajstić information content (AvgIpc) is 2.88. The summed E-state index contributed by atoms with van der Waals surface area (Å²) in [4.78, 5) is 0. The monoisotopic (exact) mass is 545 g/mol. The Hall–Kier alpha value is -0.680. The van der Waals surface area contributed by atoms with Gasteiger partial charge < -0.3 is 86.8 Å². The van der Waals surface area contributed by atoms with Gasteiger partial charge in [-0.05, 0) is 6.92 Å². The number of aliphatic hydroxyl groups is 9. The van der Waals surface area contributed by atoms with Crippen LogP contribution < -0.4 is 17.2 Å². The second-order valence-electron chi connectivity index (χ2n) is 9.54. The van der Waals surface area contributed by atoms with Crippen LogP contribution in [-0.4, -0.2) is 163 Å². The third-order valence-corrected chi connectivity index (χ3v) is 7.09. The smallest absolute Gasteiger partial charge is 0.213 e. The quantitative estimate of drug-likeness (QED) is 0.135. The molecule has 3 rings (SSSR count). The molecule has 0 aromatic heterocycles. The van der Waals surface area contributed by atoms with Crippen molar-refractivity contribution in [2.45, 2.75) is 104 Å². The lowest BCUT2D eigenvalue weighted by Gasteiger charge is -2.54. The Morgan fingerprint density at radius 2 is 1.30 bits per heavy atom. The van der Waals surface area contributed by atoms with Crippen LogP contribution in [0.4, 0.5) is 0 Å². The van der Waals surface area contributed by atoms with Gasteiger partial charge in [-0.3, -0.25) is 0 Å². The molecule has 0 aromatic carbocycles. The van der Waals surface area contributed by atoms with E-state index in [1.54, 1.807) is 0 Å². The van der Waals surface area contributed by atoms with Crippen molar-refractivity contribution in [1.82, 2.24) is 0 Å². The zero-order chi connectivity index (χ0) is 27.8. The van der Waals surface area contributed by atoms with E-state index >= 15 is 0 Å². The van der Waals surface area contributed by atoms with Gasteiger partial charge in [0.1, 0.15) is 61.0 Å². The van der Waals surface area contributed by atoms with E-state index in [-0.39, 0.29) is 0 Å². The van der Waals surface area contributed by atoms with E-state index in [0.717, 1.165) is 0 Å². The van der Waals surface area contributed by atoms with Crippen molar-refractivity contribution in [3.63, 3.8) is 0 Å². The van der Waals surface area contributed by atoms with Crippen molar-refractivity contribution >= 4 is 0 Å². The van der Waals surface area contributed by atoms with Gasteiger partial charge in [0.25, 0.3) is 0 Å². The third kappa shape index (κ3) is 5.65. The molecule has 218 valence electrons. The molecule has 17 heteroatoms. The molecule has 0 radical (unpaired) electrons. The van der Waals surface area contributed by atoms with Crippen LogP contribution in [0.25, 0.3) is 0 Å². The van der Waals surface area contributed by atoms with Gasteiger partial charge in [0, 0.05) is 0 Å². The van der Waals surface area contributed by atoms with Gasteiger partial charge >= 0.3 is 0 Å². The minimum Gasteiger partial charge on any atom is -0.394 e. The molecule has 0 bridgehead atoms. The van der Waals surface area contributed by atoms with E-state index in [1.807, 2.05) is 0 Å². The Labute approximate surface area is 211 Å². The Bertz CT molecular complexity index is 734. The minimum absolute atomic E-state index is 0.683. The Morgan fingerprint density at radius 1 is 0.757 bits per heavy atom. The Morgan fingerprint density at radius 3 is 1.84 bits per heavy atom. The lowest BCUT2D eigenvalue weighted by molar-refractivity contribution is -0.398. The van der Waals surface area contributed by atoms with Crippen LogP contribution in [0.3, 0.4) is 0 Å². The molecule has 3 aliphatic heterocycles. The van der Waals surface area contributed by atoms with Gasteiger partial charge in [0.2, 0.25) is 5.79 Å². The second kappa shape index (κ2) is 12.2. The third-order valence-electron chi connectivity index (χ3n) is 7.09. The van der Waals surface area contributed by atoms with Crippen LogP contribution in [0.5, 0.6) is 0 Å².